The molecule has 100 valence electrons. The van der Waals surface area contributed by atoms with Gasteiger partial charge in [-0.25, -0.2) is 0 Å². The number of benzene rings is 1. The third kappa shape index (κ3) is 3.93. The van der Waals surface area contributed by atoms with Gasteiger partial charge in [0.25, 0.3) is 0 Å². The van der Waals surface area contributed by atoms with Crippen LogP contribution in [0.2, 0.25) is 0 Å². The highest BCUT2D eigenvalue weighted by Crippen LogP contribution is 2.15. The lowest BCUT2D eigenvalue weighted by atomic mass is 10.1. The minimum absolute atomic E-state index is 0.652. The second kappa shape index (κ2) is 6.87. The van der Waals surface area contributed by atoms with Crippen LogP contribution in [0.1, 0.15) is 32.3 Å². The molecule has 3 heteroatoms. The standard InChI is InChI=1S/C15H23IN2/c1-3-15-11-18(12(2)8-9-17-15)10-13-4-6-14(16)7-5-13/h4-7,12,15,17H,3,8-11H2,1-2H3. The van der Waals surface area contributed by atoms with Crippen LogP contribution in [0, 0.1) is 3.57 Å². The van der Waals surface area contributed by atoms with Crippen LogP contribution in [0.25, 0.3) is 0 Å². The lowest BCUT2D eigenvalue weighted by molar-refractivity contribution is 0.194. The first-order valence-electron chi connectivity index (χ1n) is 6.91. The molecule has 0 aromatic heterocycles. The van der Waals surface area contributed by atoms with Crippen molar-refractivity contribution in [3.8, 4) is 0 Å². The van der Waals surface area contributed by atoms with Crippen molar-refractivity contribution in [2.75, 3.05) is 13.1 Å². The van der Waals surface area contributed by atoms with Crippen molar-refractivity contribution in [2.45, 2.75) is 45.3 Å². The Balaban J connectivity index is 2.02. The van der Waals surface area contributed by atoms with Crippen LogP contribution in [0.5, 0.6) is 0 Å². The molecular formula is C15H23IN2. The second-order valence-corrected chi connectivity index (χ2v) is 6.50. The zero-order chi connectivity index (χ0) is 13.0. The Morgan fingerprint density at radius 2 is 2.06 bits per heavy atom. The summed E-state index contributed by atoms with van der Waals surface area (Å²) >= 11 is 2.36. The SMILES string of the molecule is CCC1CN(Cc2ccc(I)cc2)C(C)CCN1. The Hall–Kier alpha value is -0.130. The molecule has 2 unspecified atom stereocenters. The number of rotatable bonds is 3. The van der Waals surface area contributed by atoms with Crippen molar-refractivity contribution in [1.82, 2.24) is 10.2 Å². The third-order valence-corrected chi connectivity index (χ3v) is 4.58. The van der Waals surface area contributed by atoms with Crippen LogP contribution in [0.4, 0.5) is 0 Å². The monoisotopic (exact) mass is 358 g/mol. The first-order valence-corrected chi connectivity index (χ1v) is 7.98. The average molecular weight is 358 g/mol. The Morgan fingerprint density at radius 3 is 2.72 bits per heavy atom. The van der Waals surface area contributed by atoms with Gasteiger partial charge in [0.2, 0.25) is 0 Å². The van der Waals surface area contributed by atoms with E-state index in [1.165, 1.54) is 28.5 Å². The van der Waals surface area contributed by atoms with E-state index in [0.29, 0.717) is 12.1 Å². The van der Waals surface area contributed by atoms with Crippen molar-refractivity contribution in [2.24, 2.45) is 0 Å². The maximum atomic E-state index is 3.64. The van der Waals surface area contributed by atoms with E-state index in [2.05, 4.69) is 70.9 Å². The largest absolute Gasteiger partial charge is 0.313 e. The van der Waals surface area contributed by atoms with E-state index in [4.69, 9.17) is 0 Å². The highest BCUT2D eigenvalue weighted by Gasteiger charge is 2.21. The lowest BCUT2D eigenvalue weighted by Gasteiger charge is -2.28. The van der Waals surface area contributed by atoms with Crippen molar-refractivity contribution in [1.29, 1.82) is 0 Å². The predicted molar refractivity (Wildman–Crippen MR) is 85.7 cm³/mol. The molecule has 0 saturated carbocycles. The summed E-state index contributed by atoms with van der Waals surface area (Å²) in [6.45, 7) is 8.03. The quantitative estimate of drug-likeness (QED) is 0.835. The van der Waals surface area contributed by atoms with E-state index >= 15 is 0 Å². The smallest absolute Gasteiger partial charge is 0.0237 e. The molecule has 1 aliphatic rings. The molecule has 1 fully saturated rings. The normalized spacial score (nSPS) is 25.9. The van der Waals surface area contributed by atoms with Crippen molar-refractivity contribution in [3.05, 3.63) is 33.4 Å². The first-order chi connectivity index (χ1) is 8.69. The van der Waals surface area contributed by atoms with Crippen LogP contribution in [0.3, 0.4) is 0 Å². The van der Waals surface area contributed by atoms with E-state index in [1.807, 2.05) is 0 Å². The van der Waals surface area contributed by atoms with Gasteiger partial charge in [-0.2, -0.15) is 0 Å². The van der Waals surface area contributed by atoms with Gasteiger partial charge in [0.05, 0.1) is 0 Å². The molecule has 1 heterocycles. The molecule has 2 nitrogen and oxygen atoms in total. The van der Waals surface area contributed by atoms with E-state index in [9.17, 15) is 0 Å². The average Bonchev–Trinajstić information content (AvgIpc) is 2.55. The fourth-order valence-electron chi connectivity index (χ4n) is 2.52. The Morgan fingerprint density at radius 1 is 1.33 bits per heavy atom. The molecule has 1 saturated heterocycles. The molecule has 0 spiro atoms. The van der Waals surface area contributed by atoms with Crippen LogP contribution in [-0.2, 0) is 6.54 Å². The van der Waals surface area contributed by atoms with Gasteiger partial charge in [-0.15, -0.1) is 0 Å². The molecule has 1 aromatic rings. The van der Waals surface area contributed by atoms with E-state index < -0.39 is 0 Å². The summed E-state index contributed by atoms with van der Waals surface area (Å²) in [5, 5.41) is 3.64. The predicted octanol–water partition coefficient (Wildman–Crippen LogP) is 3.25. The zero-order valence-corrected chi connectivity index (χ0v) is 13.5. The Kier molecular flexibility index (Phi) is 5.45. The zero-order valence-electron chi connectivity index (χ0n) is 11.3. The molecule has 0 bridgehead atoms. The van der Waals surface area contributed by atoms with Gasteiger partial charge in [0.1, 0.15) is 0 Å². The van der Waals surface area contributed by atoms with Crippen molar-refractivity contribution in [3.63, 3.8) is 0 Å². The molecule has 18 heavy (non-hydrogen) atoms. The maximum absolute atomic E-state index is 3.64. The Bertz CT molecular complexity index is 363. The lowest BCUT2D eigenvalue weighted by Crippen LogP contribution is -2.39. The summed E-state index contributed by atoms with van der Waals surface area (Å²) in [4.78, 5) is 2.62. The number of hydrogen-bond acceptors (Lipinski definition) is 2. The minimum atomic E-state index is 0.652. The summed E-state index contributed by atoms with van der Waals surface area (Å²) in [5.74, 6) is 0. The number of halogens is 1. The van der Waals surface area contributed by atoms with Crippen LogP contribution < -0.4 is 5.32 Å². The molecular weight excluding hydrogens is 335 g/mol. The molecule has 0 aliphatic carbocycles. The minimum Gasteiger partial charge on any atom is -0.313 e. The van der Waals surface area contributed by atoms with Crippen LogP contribution >= 0.6 is 22.6 Å². The van der Waals surface area contributed by atoms with E-state index in [-0.39, 0.29) is 0 Å². The second-order valence-electron chi connectivity index (χ2n) is 5.25. The van der Waals surface area contributed by atoms with Gasteiger partial charge in [-0.1, -0.05) is 19.1 Å². The molecule has 2 atom stereocenters. The molecule has 1 aliphatic heterocycles. The van der Waals surface area contributed by atoms with Crippen LogP contribution in [0.15, 0.2) is 24.3 Å². The first kappa shape index (κ1) is 14.3. The van der Waals surface area contributed by atoms with Crippen molar-refractivity contribution < 1.29 is 0 Å². The van der Waals surface area contributed by atoms with Gasteiger partial charge >= 0.3 is 0 Å². The van der Waals surface area contributed by atoms with E-state index in [1.54, 1.807) is 0 Å². The Labute approximate surface area is 124 Å². The van der Waals surface area contributed by atoms with Gasteiger partial charge in [-0.3, -0.25) is 4.90 Å². The van der Waals surface area contributed by atoms with Crippen molar-refractivity contribution >= 4 is 22.6 Å². The highest BCUT2D eigenvalue weighted by atomic mass is 127. The molecule has 1 aromatic carbocycles. The summed E-state index contributed by atoms with van der Waals surface area (Å²) in [7, 11) is 0. The fourth-order valence-corrected chi connectivity index (χ4v) is 2.88. The van der Waals surface area contributed by atoms with Gasteiger partial charge < -0.3 is 5.32 Å². The molecule has 1 N–H and O–H groups in total. The van der Waals surface area contributed by atoms with Crippen LogP contribution in [-0.4, -0.2) is 30.1 Å². The molecule has 0 amide bonds. The maximum Gasteiger partial charge on any atom is 0.0237 e. The molecule has 0 radical (unpaired) electrons. The van der Waals surface area contributed by atoms with Gasteiger partial charge in [0.15, 0.2) is 0 Å². The fraction of sp³-hybridized carbons (Fsp3) is 0.600. The topological polar surface area (TPSA) is 15.3 Å². The third-order valence-electron chi connectivity index (χ3n) is 3.87. The highest BCUT2D eigenvalue weighted by molar-refractivity contribution is 14.1. The number of nitrogens with one attached hydrogen (secondary N) is 1. The summed E-state index contributed by atoms with van der Waals surface area (Å²) in [6, 6.07) is 10.2. The summed E-state index contributed by atoms with van der Waals surface area (Å²) < 4.78 is 1.31. The number of hydrogen-bond donors (Lipinski definition) is 1. The summed E-state index contributed by atoms with van der Waals surface area (Å²) in [6.07, 6.45) is 2.47. The van der Waals surface area contributed by atoms with Gasteiger partial charge in [0, 0.05) is 28.7 Å². The van der Waals surface area contributed by atoms with Gasteiger partial charge in [-0.05, 0) is 66.6 Å². The number of nitrogens with zero attached hydrogens (tertiary/aromatic N) is 1. The summed E-state index contributed by atoms with van der Waals surface area (Å²) in [5.41, 5.74) is 1.43. The molecule has 2 rings (SSSR count). The van der Waals surface area contributed by atoms with E-state index in [0.717, 1.165) is 13.1 Å².